The van der Waals surface area contributed by atoms with Crippen molar-refractivity contribution < 1.29 is 5.11 Å². The molecule has 0 saturated heterocycles. The Kier molecular flexibility index (Phi) is 3.35. The summed E-state index contributed by atoms with van der Waals surface area (Å²) in [5, 5.41) is 12.0. The van der Waals surface area contributed by atoms with Gasteiger partial charge in [-0.1, -0.05) is 35.9 Å². The van der Waals surface area contributed by atoms with E-state index in [-0.39, 0.29) is 5.75 Å². The molecule has 0 amide bonds. The Morgan fingerprint density at radius 3 is 2.70 bits per heavy atom. The quantitative estimate of drug-likeness (QED) is 0.561. The molecular weight excluding hydrogens is 272 g/mol. The van der Waals surface area contributed by atoms with Crippen molar-refractivity contribution in [3.8, 4) is 5.75 Å². The number of rotatable bonds is 2. The first-order valence-electron chi connectivity index (χ1n) is 6.11. The van der Waals surface area contributed by atoms with Crippen LogP contribution in [0, 0.1) is 0 Å². The summed E-state index contributed by atoms with van der Waals surface area (Å²) in [4.78, 5) is 8.49. The Morgan fingerprint density at radius 1 is 1.00 bits per heavy atom. The molecule has 1 heterocycles. The number of hydrogen-bond donors (Lipinski definition) is 1. The van der Waals surface area contributed by atoms with Gasteiger partial charge < -0.3 is 5.11 Å². The number of aromatic nitrogens is 1. The number of phenols is 1. The van der Waals surface area contributed by atoms with Crippen molar-refractivity contribution >= 4 is 34.3 Å². The van der Waals surface area contributed by atoms with Crippen LogP contribution in [0.5, 0.6) is 5.75 Å². The molecule has 2 aromatic carbocycles. The fourth-order valence-corrected chi connectivity index (χ4v) is 2.22. The van der Waals surface area contributed by atoms with E-state index in [9.17, 15) is 5.11 Å². The number of halogens is 1. The predicted octanol–water partition coefficient (Wildman–Crippen LogP) is 4.34. The summed E-state index contributed by atoms with van der Waals surface area (Å²) in [6.45, 7) is 0. The Hall–Kier alpha value is -2.39. The molecule has 0 atom stereocenters. The van der Waals surface area contributed by atoms with Crippen molar-refractivity contribution in [2.75, 3.05) is 0 Å². The number of aliphatic imine (C=N–C) groups is 1. The van der Waals surface area contributed by atoms with Crippen molar-refractivity contribution in [1.82, 2.24) is 4.98 Å². The minimum Gasteiger partial charge on any atom is -0.507 e. The number of fused-ring (bicyclic) bond motifs is 1. The molecule has 1 N–H and O–H groups in total. The Morgan fingerprint density at radius 2 is 1.85 bits per heavy atom. The number of phenolic OH excluding ortho intramolecular Hbond substituents is 1. The molecule has 0 aliphatic carbocycles. The van der Waals surface area contributed by atoms with Gasteiger partial charge in [-0.3, -0.25) is 4.99 Å². The number of nitrogens with zero attached hydrogens (tertiary/aromatic N) is 2. The van der Waals surface area contributed by atoms with E-state index in [1.165, 1.54) is 0 Å². The minimum absolute atomic E-state index is 0.205. The van der Waals surface area contributed by atoms with Gasteiger partial charge in [0.15, 0.2) is 0 Å². The fourth-order valence-electron chi connectivity index (χ4n) is 2.00. The largest absolute Gasteiger partial charge is 0.507 e. The molecule has 3 nitrogen and oxygen atoms in total. The molecule has 3 rings (SSSR count). The number of pyridine rings is 1. The molecule has 0 saturated carbocycles. The summed E-state index contributed by atoms with van der Waals surface area (Å²) in [6.07, 6.45) is 3.29. The first-order valence-corrected chi connectivity index (χ1v) is 6.49. The highest BCUT2D eigenvalue weighted by Crippen LogP contribution is 2.29. The summed E-state index contributed by atoms with van der Waals surface area (Å²) in [6, 6.07) is 14.6. The van der Waals surface area contributed by atoms with Crippen molar-refractivity contribution in [1.29, 1.82) is 0 Å². The topological polar surface area (TPSA) is 45.5 Å². The summed E-state index contributed by atoms with van der Waals surface area (Å²) >= 11 is 6.07. The van der Waals surface area contributed by atoms with Crippen molar-refractivity contribution in [3.63, 3.8) is 0 Å². The second-order valence-corrected chi connectivity index (χ2v) is 4.65. The predicted molar refractivity (Wildman–Crippen MR) is 82.1 cm³/mol. The third-order valence-electron chi connectivity index (χ3n) is 3.01. The molecule has 0 bridgehead atoms. The molecule has 0 radical (unpaired) electrons. The standard InChI is InChI=1S/C16H11ClN2O/c17-16-13-5-3-6-14(12(13)8-9-18-16)19-10-11-4-1-2-7-15(11)20/h1-10,20H. The molecule has 0 spiro atoms. The highest BCUT2D eigenvalue weighted by Gasteiger charge is 2.03. The third-order valence-corrected chi connectivity index (χ3v) is 3.32. The average molecular weight is 283 g/mol. The zero-order valence-electron chi connectivity index (χ0n) is 10.5. The number of benzene rings is 2. The molecule has 0 aliphatic rings. The van der Waals surface area contributed by atoms with E-state index in [0.717, 1.165) is 16.5 Å². The van der Waals surface area contributed by atoms with Gasteiger partial charge in [0.2, 0.25) is 0 Å². The third kappa shape index (κ3) is 2.36. The van der Waals surface area contributed by atoms with Crippen molar-refractivity contribution in [2.45, 2.75) is 0 Å². The lowest BCUT2D eigenvalue weighted by atomic mass is 10.1. The van der Waals surface area contributed by atoms with Gasteiger partial charge in [-0.2, -0.15) is 0 Å². The molecular formula is C16H11ClN2O. The monoisotopic (exact) mass is 282 g/mol. The van der Waals surface area contributed by atoms with E-state index in [4.69, 9.17) is 11.6 Å². The van der Waals surface area contributed by atoms with Gasteiger partial charge in [-0.25, -0.2) is 4.98 Å². The molecule has 20 heavy (non-hydrogen) atoms. The second kappa shape index (κ2) is 5.31. The normalized spacial score (nSPS) is 11.2. The van der Waals surface area contributed by atoms with Gasteiger partial charge in [0.05, 0.1) is 5.69 Å². The maximum absolute atomic E-state index is 9.72. The summed E-state index contributed by atoms with van der Waals surface area (Å²) in [5.74, 6) is 0.205. The lowest BCUT2D eigenvalue weighted by Gasteiger charge is -2.03. The van der Waals surface area contributed by atoms with Gasteiger partial charge in [0.25, 0.3) is 0 Å². The van der Waals surface area contributed by atoms with E-state index in [1.54, 1.807) is 30.6 Å². The molecule has 98 valence electrons. The molecule has 3 aromatic rings. The van der Waals surface area contributed by atoms with Crippen LogP contribution in [0.4, 0.5) is 5.69 Å². The van der Waals surface area contributed by atoms with Crippen LogP contribution in [0.2, 0.25) is 5.15 Å². The zero-order valence-corrected chi connectivity index (χ0v) is 11.2. The fraction of sp³-hybridized carbons (Fsp3) is 0. The molecule has 1 aromatic heterocycles. The van der Waals surface area contributed by atoms with E-state index < -0.39 is 0 Å². The van der Waals surface area contributed by atoms with Crippen LogP contribution in [0.3, 0.4) is 0 Å². The number of para-hydroxylation sites is 1. The van der Waals surface area contributed by atoms with Crippen molar-refractivity contribution in [3.05, 3.63) is 65.4 Å². The molecule has 0 unspecified atom stereocenters. The average Bonchev–Trinajstić information content (AvgIpc) is 2.47. The maximum atomic E-state index is 9.72. The summed E-state index contributed by atoms with van der Waals surface area (Å²) in [5.41, 5.74) is 1.46. The van der Waals surface area contributed by atoms with Crippen molar-refractivity contribution in [2.24, 2.45) is 4.99 Å². The van der Waals surface area contributed by atoms with Crippen LogP contribution in [-0.4, -0.2) is 16.3 Å². The van der Waals surface area contributed by atoms with Gasteiger partial charge in [0.1, 0.15) is 10.9 Å². The molecule has 0 aliphatic heterocycles. The van der Waals surface area contributed by atoms with Crippen LogP contribution in [-0.2, 0) is 0 Å². The Labute approximate surface area is 121 Å². The number of hydrogen-bond acceptors (Lipinski definition) is 3. The lowest BCUT2D eigenvalue weighted by Crippen LogP contribution is -1.82. The smallest absolute Gasteiger partial charge is 0.136 e. The molecule has 4 heteroatoms. The SMILES string of the molecule is Oc1ccccc1C=Nc1cccc2c(Cl)nccc12. The second-order valence-electron chi connectivity index (χ2n) is 4.29. The minimum atomic E-state index is 0.205. The van der Waals surface area contributed by atoms with Crippen LogP contribution in [0.1, 0.15) is 5.56 Å². The number of aromatic hydroxyl groups is 1. The van der Waals surface area contributed by atoms with Gasteiger partial charge in [-0.15, -0.1) is 0 Å². The van der Waals surface area contributed by atoms with Crippen LogP contribution in [0.15, 0.2) is 59.7 Å². The van der Waals surface area contributed by atoms with Gasteiger partial charge >= 0.3 is 0 Å². The van der Waals surface area contributed by atoms with Crippen LogP contribution in [0.25, 0.3) is 10.8 Å². The zero-order chi connectivity index (χ0) is 13.9. The summed E-state index contributed by atoms with van der Waals surface area (Å²) < 4.78 is 0. The first-order chi connectivity index (χ1) is 9.75. The van der Waals surface area contributed by atoms with E-state index in [2.05, 4.69) is 9.98 Å². The van der Waals surface area contributed by atoms with E-state index in [1.807, 2.05) is 30.3 Å². The van der Waals surface area contributed by atoms with Gasteiger partial charge in [0, 0.05) is 28.7 Å². The van der Waals surface area contributed by atoms with Gasteiger partial charge in [-0.05, 0) is 24.3 Å². The first kappa shape index (κ1) is 12.6. The highest BCUT2D eigenvalue weighted by atomic mass is 35.5. The van der Waals surface area contributed by atoms with E-state index >= 15 is 0 Å². The maximum Gasteiger partial charge on any atom is 0.136 e. The van der Waals surface area contributed by atoms with E-state index in [0.29, 0.717) is 10.7 Å². The Balaban J connectivity index is 2.08. The molecule has 0 fully saturated rings. The Bertz CT molecular complexity index is 799. The highest BCUT2D eigenvalue weighted by molar-refractivity contribution is 6.34. The van der Waals surface area contributed by atoms with Crippen LogP contribution < -0.4 is 0 Å². The summed E-state index contributed by atoms with van der Waals surface area (Å²) in [7, 11) is 0. The lowest BCUT2D eigenvalue weighted by molar-refractivity contribution is 0.474. The van der Waals surface area contributed by atoms with Crippen LogP contribution >= 0.6 is 11.6 Å².